The van der Waals surface area contributed by atoms with Gasteiger partial charge in [0, 0.05) is 18.7 Å². The van der Waals surface area contributed by atoms with E-state index in [0.29, 0.717) is 5.56 Å². The second kappa shape index (κ2) is 6.17. The lowest BCUT2D eigenvalue weighted by Crippen LogP contribution is -2.48. The number of carbonyl (C=O) groups excluding carboxylic acids is 2. The summed E-state index contributed by atoms with van der Waals surface area (Å²) in [4.78, 5) is 33.6. The summed E-state index contributed by atoms with van der Waals surface area (Å²) >= 11 is 0. The van der Waals surface area contributed by atoms with Crippen molar-refractivity contribution in [2.24, 2.45) is 0 Å². The molecule has 1 fully saturated rings. The van der Waals surface area contributed by atoms with Gasteiger partial charge < -0.3 is 15.2 Å². The van der Waals surface area contributed by atoms with Gasteiger partial charge in [-0.25, -0.2) is 4.98 Å². The van der Waals surface area contributed by atoms with E-state index in [1.807, 2.05) is 4.90 Å². The van der Waals surface area contributed by atoms with E-state index in [9.17, 15) is 9.59 Å². The molecule has 1 aliphatic heterocycles. The largest absolute Gasteiger partial charge is 0.345 e. The second-order valence-electron chi connectivity index (χ2n) is 5.72. The molecule has 3 rings (SSSR count). The van der Waals surface area contributed by atoms with Crippen LogP contribution in [-0.4, -0.2) is 45.8 Å². The van der Waals surface area contributed by atoms with Crippen LogP contribution < -0.4 is 5.32 Å². The first-order valence-corrected chi connectivity index (χ1v) is 7.68. The molecule has 0 spiro atoms. The first kappa shape index (κ1) is 14.6. The molecule has 2 heterocycles. The molecule has 2 aromatic rings. The number of piperidine rings is 1. The summed E-state index contributed by atoms with van der Waals surface area (Å²) < 4.78 is 0. The Bertz CT molecular complexity index is 688. The molecule has 1 saturated heterocycles. The lowest BCUT2D eigenvalue weighted by Gasteiger charge is -2.29. The number of hydrogen-bond donors (Lipinski definition) is 2. The van der Waals surface area contributed by atoms with Crippen LogP contribution in [0, 0.1) is 0 Å². The molecule has 6 heteroatoms. The standard InChI is InChI=1S/C16H20N4O2/c1-11(16(22)20-7-3-2-4-8-20)19-15(21)12-5-6-13-14(9-12)18-10-17-13/h5-6,9-11H,2-4,7-8H2,1H3,(H,17,18)(H,19,21)/t11-/m0/s1. The number of imidazole rings is 1. The number of nitrogens with one attached hydrogen (secondary N) is 2. The minimum absolute atomic E-state index is 0.00401. The van der Waals surface area contributed by atoms with Gasteiger partial charge in [-0.1, -0.05) is 0 Å². The fraction of sp³-hybridized carbons (Fsp3) is 0.438. The van der Waals surface area contributed by atoms with Crippen molar-refractivity contribution in [2.75, 3.05) is 13.1 Å². The molecule has 1 atom stereocenters. The minimum Gasteiger partial charge on any atom is -0.345 e. The number of fused-ring (bicyclic) bond motifs is 1. The zero-order chi connectivity index (χ0) is 15.5. The van der Waals surface area contributed by atoms with Crippen LogP contribution in [0.1, 0.15) is 36.5 Å². The van der Waals surface area contributed by atoms with Gasteiger partial charge in [0.05, 0.1) is 17.4 Å². The third kappa shape index (κ3) is 2.95. The molecule has 6 nitrogen and oxygen atoms in total. The maximum atomic E-state index is 12.3. The third-order valence-electron chi connectivity index (χ3n) is 4.07. The van der Waals surface area contributed by atoms with Crippen molar-refractivity contribution >= 4 is 22.8 Å². The van der Waals surface area contributed by atoms with E-state index in [1.165, 1.54) is 6.42 Å². The predicted octanol–water partition coefficient (Wildman–Crippen LogP) is 1.69. The van der Waals surface area contributed by atoms with Crippen molar-refractivity contribution in [1.29, 1.82) is 0 Å². The highest BCUT2D eigenvalue weighted by molar-refractivity contribution is 5.99. The normalized spacial score (nSPS) is 16.5. The van der Waals surface area contributed by atoms with E-state index in [0.717, 1.165) is 37.0 Å². The number of aromatic amines is 1. The van der Waals surface area contributed by atoms with Gasteiger partial charge in [-0.15, -0.1) is 0 Å². The molecule has 0 radical (unpaired) electrons. The Balaban J connectivity index is 1.65. The summed E-state index contributed by atoms with van der Waals surface area (Å²) in [5.74, 6) is -0.245. The fourth-order valence-electron chi connectivity index (χ4n) is 2.81. The Morgan fingerprint density at radius 2 is 2.05 bits per heavy atom. The number of benzene rings is 1. The van der Waals surface area contributed by atoms with Crippen LogP contribution in [0.25, 0.3) is 11.0 Å². The third-order valence-corrected chi connectivity index (χ3v) is 4.07. The van der Waals surface area contributed by atoms with Crippen LogP contribution in [0.5, 0.6) is 0 Å². The maximum absolute atomic E-state index is 12.3. The monoisotopic (exact) mass is 300 g/mol. The van der Waals surface area contributed by atoms with Crippen molar-refractivity contribution in [2.45, 2.75) is 32.2 Å². The molecule has 1 aromatic heterocycles. The zero-order valence-electron chi connectivity index (χ0n) is 12.6. The molecular formula is C16H20N4O2. The van der Waals surface area contributed by atoms with Crippen molar-refractivity contribution in [3.05, 3.63) is 30.1 Å². The first-order chi connectivity index (χ1) is 10.6. The van der Waals surface area contributed by atoms with Crippen molar-refractivity contribution < 1.29 is 9.59 Å². The van der Waals surface area contributed by atoms with E-state index < -0.39 is 6.04 Å². The topological polar surface area (TPSA) is 78.1 Å². The van der Waals surface area contributed by atoms with Gasteiger partial charge in [0.1, 0.15) is 6.04 Å². The lowest BCUT2D eigenvalue weighted by molar-refractivity contribution is -0.133. The molecule has 0 aliphatic carbocycles. The van der Waals surface area contributed by atoms with Gasteiger partial charge in [0.2, 0.25) is 5.91 Å². The Hall–Kier alpha value is -2.37. The van der Waals surface area contributed by atoms with E-state index >= 15 is 0 Å². The van der Waals surface area contributed by atoms with Crippen molar-refractivity contribution in [3.63, 3.8) is 0 Å². The van der Waals surface area contributed by atoms with E-state index in [-0.39, 0.29) is 11.8 Å². The smallest absolute Gasteiger partial charge is 0.251 e. The Kier molecular flexibility index (Phi) is 4.09. The number of likely N-dealkylation sites (tertiary alicyclic amines) is 1. The molecule has 0 bridgehead atoms. The maximum Gasteiger partial charge on any atom is 0.251 e. The van der Waals surface area contributed by atoms with Gasteiger partial charge in [-0.05, 0) is 44.4 Å². The summed E-state index contributed by atoms with van der Waals surface area (Å²) in [6.45, 7) is 3.32. The fourth-order valence-corrected chi connectivity index (χ4v) is 2.81. The molecular weight excluding hydrogens is 280 g/mol. The number of H-pyrrole nitrogens is 1. The number of hydrogen-bond acceptors (Lipinski definition) is 3. The van der Waals surface area contributed by atoms with Crippen LogP contribution in [0.3, 0.4) is 0 Å². The quantitative estimate of drug-likeness (QED) is 0.905. The number of aromatic nitrogens is 2. The van der Waals surface area contributed by atoms with E-state index in [1.54, 1.807) is 31.5 Å². The van der Waals surface area contributed by atoms with E-state index in [4.69, 9.17) is 0 Å². The molecule has 2 amide bonds. The molecule has 116 valence electrons. The van der Waals surface area contributed by atoms with Crippen LogP contribution in [0.15, 0.2) is 24.5 Å². The van der Waals surface area contributed by atoms with Gasteiger partial charge >= 0.3 is 0 Å². The number of carbonyl (C=O) groups is 2. The highest BCUT2D eigenvalue weighted by atomic mass is 16.2. The molecule has 2 N–H and O–H groups in total. The molecule has 1 aliphatic rings. The minimum atomic E-state index is -0.511. The Morgan fingerprint density at radius 1 is 1.27 bits per heavy atom. The summed E-state index contributed by atoms with van der Waals surface area (Å²) in [5, 5.41) is 2.79. The van der Waals surface area contributed by atoms with Gasteiger partial charge in [0.15, 0.2) is 0 Å². The summed E-state index contributed by atoms with van der Waals surface area (Å²) in [6, 6.07) is 4.74. The predicted molar refractivity (Wildman–Crippen MR) is 83.5 cm³/mol. The average Bonchev–Trinajstić information content (AvgIpc) is 3.02. The summed E-state index contributed by atoms with van der Waals surface area (Å²) in [6.07, 6.45) is 4.86. The van der Waals surface area contributed by atoms with Crippen LogP contribution in [0.4, 0.5) is 0 Å². The van der Waals surface area contributed by atoms with Crippen LogP contribution in [-0.2, 0) is 4.79 Å². The molecule has 22 heavy (non-hydrogen) atoms. The van der Waals surface area contributed by atoms with Gasteiger partial charge in [0.25, 0.3) is 5.91 Å². The lowest BCUT2D eigenvalue weighted by atomic mass is 10.1. The number of nitrogens with zero attached hydrogens (tertiary/aromatic N) is 2. The highest BCUT2D eigenvalue weighted by Crippen LogP contribution is 2.13. The second-order valence-corrected chi connectivity index (χ2v) is 5.72. The number of rotatable bonds is 3. The summed E-state index contributed by atoms with van der Waals surface area (Å²) in [5.41, 5.74) is 2.15. The van der Waals surface area contributed by atoms with E-state index in [2.05, 4.69) is 15.3 Å². The van der Waals surface area contributed by atoms with Crippen LogP contribution in [0.2, 0.25) is 0 Å². The average molecular weight is 300 g/mol. The van der Waals surface area contributed by atoms with Crippen molar-refractivity contribution in [3.8, 4) is 0 Å². The highest BCUT2D eigenvalue weighted by Gasteiger charge is 2.23. The number of amides is 2. The summed E-state index contributed by atoms with van der Waals surface area (Å²) in [7, 11) is 0. The molecule has 0 unspecified atom stereocenters. The van der Waals surface area contributed by atoms with Crippen molar-refractivity contribution in [1.82, 2.24) is 20.2 Å². The SMILES string of the molecule is C[C@H](NC(=O)c1ccc2nc[nH]c2c1)C(=O)N1CCCCC1. The zero-order valence-corrected chi connectivity index (χ0v) is 12.6. The van der Waals surface area contributed by atoms with Gasteiger partial charge in [-0.2, -0.15) is 0 Å². The van der Waals surface area contributed by atoms with Crippen LogP contribution >= 0.6 is 0 Å². The Labute approximate surface area is 128 Å². The molecule has 0 saturated carbocycles. The molecule has 1 aromatic carbocycles. The first-order valence-electron chi connectivity index (χ1n) is 7.68. The Morgan fingerprint density at radius 3 is 2.82 bits per heavy atom. The van der Waals surface area contributed by atoms with Gasteiger partial charge in [-0.3, -0.25) is 9.59 Å².